The van der Waals surface area contributed by atoms with Gasteiger partial charge in [-0.15, -0.1) is 12.4 Å². The Balaban J connectivity index is 0.00000192. The Morgan fingerprint density at radius 2 is 1.91 bits per heavy atom. The van der Waals surface area contributed by atoms with E-state index < -0.39 is 15.8 Å². The molecule has 0 radical (unpaired) electrons. The van der Waals surface area contributed by atoms with Crippen LogP contribution >= 0.6 is 12.4 Å². The van der Waals surface area contributed by atoms with Crippen molar-refractivity contribution in [3.8, 4) is 0 Å². The zero-order valence-electron chi connectivity index (χ0n) is 13.2. The fourth-order valence-corrected chi connectivity index (χ4v) is 5.01. The number of nitrogens with one attached hydrogen (secondary N) is 1. The molecule has 0 aromatic heterocycles. The highest BCUT2D eigenvalue weighted by Crippen LogP contribution is 2.26. The first kappa shape index (κ1) is 18.6. The lowest BCUT2D eigenvalue weighted by Crippen LogP contribution is -2.49. The number of halogens is 2. The Labute approximate surface area is 143 Å². The molecule has 2 saturated heterocycles. The van der Waals surface area contributed by atoms with Gasteiger partial charge in [0.2, 0.25) is 10.0 Å². The Bertz CT molecular complexity index is 650. The Morgan fingerprint density at radius 3 is 2.57 bits per heavy atom. The number of hydrogen-bond acceptors (Lipinski definition) is 4. The van der Waals surface area contributed by atoms with Gasteiger partial charge in [-0.25, -0.2) is 12.8 Å². The standard InChI is InChI=1S/C15H22FN3O2S.ClH/c1-12-10-13(16)2-3-15(12)22(20,21)19-7-4-14(11-19)18-8-5-17-6-9-18;/h2-3,10,14,17H,4-9,11H2,1H3;1H. The third kappa shape index (κ3) is 3.85. The Morgan fingerprint density at radius 1 is 1.22 bits per heavy atom. The maximum absolute atomic E-state index is 13.2. The number of hydrogen-bond donors (Lipinski definition) is 1. The Kier molecular flexibility index (Phi) is 6.02. The molecule has 0 bridgehead atoms. The third-order valence-corrected chi connectivity index (χ3v) is 6.57. The van der Waals surface area contributed by atoms with Crippen molar-refractivity contribution >= 4 is 22.4 Å². The van der Waals surface area contributed by atoms with E-state index in [0.717, 1.165) is 32.6 Å². The Hall–Kier alpha value is -0.730. The van der Waals surface area contributed by atoms with E-state index in [1.165, 1.54) is 18.2 Å². The van der Waals surface area contributed by atoms with Crippen LogP contribution in [0.2, 0.25) is 0 Å². The molecule has 1 N–H and O–H groups in total. The largest absolute Gasteiger partial charge is 0.314 e. The molecule has 1 atom stereocenters. The smallest absolute Gasteiger partial charge is 0.243 e. The maximum Gasteiger partial charge on any atom is 0.243 e. The molecule has 3 rings (SSSR count). The van der Waals surface area contributed by atoms with Gasteiger partial charge in [0.15, 0.2) is 0 Å². The molecule has 1 unspecified atom stereocenters. The van der Waals surface area contributed by atoms with Crippen LogP contribution in [0.5, 0.6) is 0 Å². The normalized spacial score (nSPS) is 23.7. The fourth-order valence-electron chi connectivity index (χ4n) is 3.32. The topological polar surface area (TPSA) is 52.7 Å². The molecular weight excluding hydrogens is 341 g/mol. The van der Waals surface area contributed by atoms with Gasteiger partial charge in [0, 0.05) is 45.3 Å². The van der Waals surface area contributed by atoms with E-state index in [1.807, 2.05) is 0 Å². The number of benzene rings is 1. The fraction of sp³-hybridized carbons (Fsp3) is 0.600. The molecule has 130 valence electrons. The van der Waals surface area contributed by atoms with E-state index >= 15 is 0 Å². The minimum atomic E-state index is -3.53. The molecule has 5 nitrogen and oxygen atoms in total. The second-order valence-corrected chi connectivity index (χ2v) is 7.91. The predicted octanol–water partition coefficient (Wildman–Crippen LogP) is 1.22. The summed E-state index contributed by atoms with van der Waals surface area (Å²) in [5.41, 5.74) is 0.464. The molecule has 2 aliphatic heterocycles. The molecule has 0 spiro atoms. The van der Waals surface area contributed by atoms with E-state index in [1.54, 1.807) is 11.2 Å². The van der Waals surface area contributed by atoms with Crippen LogP contribution in [0.4, 0.5) is 4.39 Å². The lowest BCUT2D eigenvalue weighted by Gasteiger charge is -2.32. The van der Waals surface area contributed by atoms with Gasteiger partial charge in [-0.3, -0.25) is 4.90 Å². The molecule has 2 heterocycles. The second-order valence-electron chi connectivity index (χ2n) is 6.00. The molecule has 2 fully saturated rings. The molecule has 23 heavy (non-hydrogen) atoms. The van der Waals surface area contributed by atoms with Gasteiger partial charge in [0.25, 0.3) is 0 Å². The van der Waals surface area contributed by atoms with Crippen LogP contribution < -0.4 is 5.32 Å². The predicted molar refractivity (Wildman–Crippen MR) is 90.0 cm³/mol. The van der Waals surface area contributed by atoms with Gasteiger partial charge in [0.05, 0.1) is 4.90 Å². The summed E-state index contributed by atoms with van der Waals surface area (Å²) < 4.78 is 40.3. The minimum absolute atomic E-state index is 0. The van der Waals surface area contributed by atoms with E-state index in [9.17, 15) is 12.8 Å². The highest BCUT2D eigenvalue weighted by molar-refractivity contribution is 7.89. The van der Waals surface area contributed by atoms with Crippen molar-refractivity contribution in [1.29, 1.82) is 0 Å². The number of aryl methyl sites for hydroxylation is 1. The van der Waals surface area contributed by atoms with Crippen LogP contribution in [0.25, 0.3) is 0 Å². The molecular formula is C15H23ClFN3O2S. The van der Waals surface area contributed by atoms with Crippen LogP contribution in [0, 0.1) is 12.7 Å². The summed E-state index contributed by atoms with van der Waals surface area (Å²) in [5, 5.41) is 3.31. The second kappa shape index (κ2) is 7.44. The van der Waals surface area contributed by atoms with Crippen molar-refractivity contribution in [2.75, 3.05) is 39.3 Å². The number of nitrogens with zero attached hydrogens (tertiary/aromatic N) is 2. The summed E-state index contributed by atoms with van der Waals surface area (Å²) in [6, 6.07) is 4.15. The van der Waals surface area contributed by atoms with Crippen molar-refractivity contribution in [3.05, 3.63) is 29.6 Å². The van der Waals surface area contributed by atoms with Gasteiger partial charge in [-0.05, 0) is 37.1 Å². The van der Waals surface area contributed by atoms with Crippen molar-refractivity contribution in [3.63, 3.8) is 0 Å². The summed E-state index contributed by atoms with van der Waals surface area (Å²) >= 11 is 0. The van der Waals surface area contributed by atoms with Gasteiger partial charge < -0.3 is 5.32 Å². The molecule has 0 saturated carbocycles. The average molecular weight is 364 g/mol. The van der Waals surface area contributed by atoms with E-state index in [4.69, 9.17) is 0 Å². The monoisotopic (exact) mass is 363 g/mol. The zero-order chi connectivity index (χ0) is 15.7. The quantitative estimate of drug-likeness (QED) is 0.877. The number of sulfonamides is 1. The van der Waals surface area contributed by atoms with Gasteiger partial charge in [0.1, 0.15) is 5.82 Å². The lowest BCUT2D eigenvalue weighted by molar-refractivity contribution is 0.179. The maximum atomic E-state index is 13.2. The molecule has 0 amide bonds. The highest BCUT2D eigenvalue weighted by atomic mass is 35.5. The number of rotatable bonds is 3. The molecule has 1 aromatic rings. The summed E-state index contributed by atoms with van der Waals surface area (Å²) in [6.45, 7) is 6.55. The minimum Gasteiger partial charge on any atom is -0.314 e. The van der Waals surface area contributed by atoms with Gasteiger partial charge >= 0.3 is 0 Å². The molecule has 1 aromatic carbocycles. The van der Waals surface area contributed by atoms with Gasteiger partial charge in [-0.2, -0.15) is 4.31 Å². The average Bonchev–Trinajstić information content (AvgIpc) is 2.98. The first-order chi connectivity index (χ1) is 10.5. The third-order valence-electron chi connectivity index (χ3n) is 4.55. The van der Waals surface area contributed by atoms with Crippen molar-refractivity contribution in [2.45, 2.75) is 24.3 Å². The number of piperazine rings is 1. The first-order valence-corrected chi connectivity index (χ1v) is 9.13. The van der Waals surface area contributed by atoms with Crippen molar-refractivity contribution < 1.29 is 12.8 Å². The summed E-state index contributed by atoms with van der Waals surface area (Å²) in [7, 11) is -3.53. The summed E-state index contributed by atoms with van der Waals surface area (Å²) in [4.78, 5) is 2.58. The molecule has 2 aliphatic rings. The van der Waals surface area contributed by atoms with Crippen LogP contribution in [0.1, 0.15) is 12.0 Å². The summed E-state index contributed by atoms with van der Waals surface area (Å²) in [6.07, 6.45) is 0.861. The van der Waals surface area contributed by atoms with E-state index in [2.05, 4.69) is 10.2 Å². The van der Waals surface area contributed by atoms with E-state index in [0.29, 0.717) is 18.7 Å². The van der Waals surface area contributed by atoms with Crippen LogP contribution in [0.3, 0.4) is 0 Å². The zero-order valence-corrected chi connectivity index (χ0v) is 14.8. The van der Waals surface area contributed by atoms with E-state index in [-0.39, 0.29) is 23.3 Å². The van der Waals surface area contributed by atoms with Crippen LogP contribution in [-0.4, -0.2) is 62.9 Å². The SMILES string of the molecule is Cc1cc(F)ccc1S(=O)(=O)N1CCC(N2CCNCC2)C1.Cl. The van der Waals surface area contributed by atoms with Gasteiger partial charge in [-0.1, -0.05) is 0 Å². The molecule has 8 heteroatoms. The summed E-state index contributed by atoms with van der Waals surface area (Å²) in [5.74, 6) is -0.406. The first-order valence-electron chi connectivity index (χ1n) is 7.69. The van der Waals surface area contributed by atoms with Crippen molar-refractivity contribution in [1.82, 2.24) is 14.5 Å². The highest BCUT2D eigenvalue weighted by Gasteiger charge is 2.36. The molecule has 0 aliphatic carbocycles. The van der Waals surface area contributed by atoms with Crippen molar-refractivity contribution in [2.24, 2.45) is 0 Å². The van der Waals surface area contributed by atoms with Crippen LogP contribution in [-0.2, 0) is 10.0 Å². The van der Waals surface area contributed by atoms with Crippen LogP contribution in [0.15, 0.2) is 23.1 Å². The lowest BCUT2D eigenvalue weighted by atomic mass is 10.2.